The number of hydrogen-bond donors (Lipinski definition) is 1. The van der Waals surface area contributed by atoms with Gasteiger partial charge < -0.3 is 10.1 Å². The number of ketones is 1. The zero-order chi connectivity index (χ0) is 18.4. The van der Waals surface area contributed by atoms with E-state index in [4.69, 9.17) is 4.74 Å². The lowest BCUT2D eigenvalue weighted by Gasteiger charge is -2.08. The van der Waals surface area contributed by atoms with Crippen LogP contribution in [0.4, 0.5) is 4.39 Å². The van der Waals surface area contributed by atoms with E-state index in [0.717, 1.165) is 23.3 Å². The van der Waals surface area contributed by atoms with Gasteiger partial charge >= 0.3 is 5.97 Å². The van der Waals surface area contributed by atoms with Crippen molar-refractivity contribution in [3.05, 3.63) is 70.5 Å². The highest BCUT2D eigenvalue weighted by molar-refractivity contribution is 5.98. The van der Waals surface area contributed by atoms with E-state index in [9.17, 15) is 18.8 Å². The minimum absolute atomic E-state index is 0.244. The summed E-state index contributed by atoms with van der Waals surface area (Å²) in [6.07, 6.45) is 0. The van der Waals surface area contributed by atoms with Gasteiger partial charge in [-0.2, -0.15) is 0 Å². The van der Waals surface area contributed by atoms with Gasteiger partial charge in [-0.05, 0) is 61.4 Å². The molecule has 2 rings (SSSR count). The van der Waals surface area contributed by atoms with Crippen LogP contribution in [0.2, 0.25) is 0 Å². The summed E-state index contributed by atoms with van der Waals surface area (Å²) in [5.41, 5.74) is 2.72. The number of carbonyl (C=O) groups excluding carboxylic acids is 3. The van der Waals surface area contributed by atoms with E-state index in [-0.39, 0.29) is 12.1 Å². The Morgan fingerprint density at radius 1 is 0.960 bits per heavy atom. The lowest BCUT2D eigenvalue weighted by molar-refractivity contribution is -0.141. The quantitative estimate of drug-likeness (QED) is 0.646. The van der Waals surface area contributed by atoms with Crippen molar-refractivity contribution >= 4 is 17.7 Å². The van der Waals surface area contributed by atoms with Crippen LogP contribution in [-0.4, -0.2) is 30.8 Å². The van der Waals surface area contributed by atoms with Crippen LogP contribution in [0.25, 0.3) is 0 Å². The normalized spacial score (nSPS) is 10.2. The molecule has 0 radical (unpaired) electrons. The van der Waals surface area contributed by atoms with Crippen molar-refractivity contribution in [1.29, 1.82) is 0 Å². The maximum Gasteiger partial charge on any atom is 0.325 e. The third-order valence-electron chi connectivity index (χ3n) is 3.69. The molecule has 0 saturated carbocycles. The number of ether oxygens (including phenoxy) is 1. The molecule has 5 nitrogen and oxygen atoms in total. The fourth-order valence-corrected chi connectivity index (χ4v) is 2.05. The Kier molecular flexibility index (Phi) is 6.00. The van der Waals surface area contributed by atoms with Gasteiger partial charge in [-0.3, -0.25) is 14.4 Å². The van der Waals surface area contributed by atoms with Gasteiger partial charge in [-0.15, -0.1) is 0 Å². The van der Waals surface area contributed by atoms with Gasteiger partial charge in [0.25, 0.3) is 5.91 Å². The molecule has 2 aromatic rings. The highest BCUT2D eigenvalue weighted by Crippen LogP contribution is 2.09. The lowest BCUT2D eigenvalue weighted by atomic mass is 10.1. The van der Waals surface area contributed by atoms with E-state index >= 15 is 0 Å². The molecule has 2 aromatic carbocycles. The van der Waals surface area contributed by atoms with Crippen molar-refractivity contribution < 1.29 is 23.5 Å². The van der Waals surface area contributed by atoms with Crippen LogP contribution in [-0.2, 0) is 9.53 Å². The number of aryl methyl sites for hydroxylation is 2. The molecule has 1 amide bonds. The second kappa shape index (κ2) is 8.19. The highest BCUT2D eigenvalue weighted by Gasteiger charge is 2.12. The Morgan fingerprint density at radius 3 is 2.24 bits per heavy atom. The maximum atomic E-state index is 12.8. The first-order valence-electron chi connectivity index (χ1n) is 7.66. The van der Waals surface area contributed by atoms with Crippen molar-refractivity contribution in [1.82, 2.24) is 5.32 Å². The summed E-state index contributed by atoms with van der Waals surface area (Å²) in [4.78, 5) is 35.4. The molecule has 130 valence electrons. The first-order chi connectivity index (χ1) is 11.9. The summed E-state index contributed by atoms with van der Waals surface area (Å²) in [6, 6.07) is 10.1. The second-order valence-corrected chi connectivity index (χ2v) is 5.57. The molecule has 0 saturated heterocycles. The van der Waals surface area contributed by atoms with Crippen LogP contribution in [0, 0.1) is 19.7 Å². The van der Waals surface area contributed by atoms with E-state index in [1.54, 1.807) is 12.1 Å². The van der Waals surface area contributed by atoms with Gasteiger partial charge in [0, 0.05) is 11.1 Å². The molecule has 6 heteroatoms. The average molecular weight is 343 g/mol. The predicted molar refractivity (Wildman–Crippen MR) is 89.9 cm³/mol. The molecular formula is C19H18FNO4. The minimum Gasteiger partial charge on any atom is -0.456 e. The summed E-state index contributed by atoms with van der Waals surface area (Å²) in [5, 5.41) is 2.44. The number of rotatable bonds is 6. The Balaban J connectivity index is 1.80. The number of Topliss-reactive ketones (excluding diaryl/α,β-unsaturated/α-hetero) is 1. The summed E-state index contributed by atoms with van der Waals surface area (Å²) in [5.74, 6) is -2.03. The average Bonchev–Trinajstić information content (AvgIpc) is 2.60. The monoisotopic (exact) mass is 343 g/mol. The standard InChI is InChI=1S/C19H18FNO4/c1-12-3-4-15(9-13(12)2)19(24)21-10-18(23)25-11-17(22)14-5-7-16(20)8-6-14/h3-9H,10-11H2,1-2H3,(H,21,24). The largest absolute Gasteiger partial charge is 0.456 e. The second-order valence-electron chi connectivity index (χ2n) is 5.57. The molecule has 0 atom stereocenters. The van der Waals surface area contributed by atoms with Crippen LogP contribution in [0.1, 0.15) is 31.8 Å². The van der Waals surface area contributed by atoms with Crippen molar-refractivity contribution in [2.45, 2.75) is 13.8 Å². The van der Waals surface area contributed by atoms with Crippen LogP contribution in [0.3, 0.4) is 0 Å². The number of hydrogen-bond acceptors (Lipinski definition) is 4. The first kappa shape index (κ1) is 18.3. The van der Waals surface area contributed by atoms with Gasteiger partial charge in [-0.1, -0.05) is 6.07 Å². The Morgan fingerprint density at radius 2 is 1.60 bits per heavy atom. The van der Waals surface area contributed by atoms with Crippen molar-refractivity contribution in [2.24, 2.45) is 0 Å². The number of esters is 1. The molecule has 0 spiro atoms. The molecule has 1 N–H and O–H groups in total. The molecule has 0 aromatic heterocycles. The molecule has 0 fully saturated rings. The van der Waals surface area contributed by atoms with Crippen LogP contribution in [0.15, 0.2) is 42.5 Å². The number of amides is 1. The summed E-state index contributed by atoms with van der Waals surface area (Å²) in [6.45, 7) is 3.01. The molecule has 0 heterocycles. The highest BCUT2D eigenvalue weighted by atomic mass is 19.1. The molecule has 25 heavy (non-hydrogen) atoms. The Bertz CT molecular complexity index is 800. The molecule has 0 aliphatic carbocycles. The minimum atomic E-state index is -0.729. The van der Waals surface area contributed by atoms with E-state index in [0.29, 0.717) is 5.56 Å². The topological polar surface area (TPSA) is 72.5 Å². The summed E-state index contributed by atoms with van der Waals surface area (Å²) in [7, 11) is 0. The van der Waals surface area contributed by atoms with Crippen molar-refractivity contribution in [3.8, 4) is 0 Å². The van der Waals surface area contributed by atoms with Gasteiger partial charge in [-0.25, -0.2) is 4.39 Å². The summed E-state index contributed by atoms with van der Waals surface area (Å²) >= 11 is 0. The van der Waals surface area contributed by atoms with Crippen LogP contribution < -0.4 is 5.32 Å². The maximum absolute atomic E-state index is 12.8. The first-order valence-corrected chi connectivity index (χ1v) is 7.66. The van der Waals surface area contributed by atoms with Crippen molar-refractivity contribution in [2.75, 3.05) is 13.2 Å². The smallest absolute Gasteiger partial charge is 0.325 e. The third kappa shape index (κ3) is 5.24. The van der Waals surface area contributed by atoms with Gasteiger partial charge in [0.1, 0.15) is 12.4 Å². The molecule has 0 unspecified atom stereocenters. The Labute approximate surface area is 144 Å². The van der Waals surface area contributed by atoms with E-state index in [1.165, 1.54) is 12.1 Å². The zero-order valence-corrected chi connectivity index (χ0v) is 14.0. The van der Waals surface area contributed by atoms with Crippen LogP contribution >= 0.6 is 0 Å². The zero-order valence-electron chi connectivity index (χ0n) is 14.0. The van der Waals surface area contributed by atoms with Crippen LogP contribution in [0.5, 0.6) is 0 Å². The van der Waals surface area contributed by atoms with Gasteiger partial charge in [0.05, 0.1) is 0 Å². The van der Waals surface area contributed by atoms with E-state index < -0.39 is 30.1 Å². The van der Waals surface area contributed by atoms with Crippen molar-refractivity contribution in [3.63, 3.8) is 0 Å². The van der Waals surface area contributed by atoms with E-state index in [1.807, 2.05) is 19.9 Å². The SMILES string of the molecule is Cc1ccc(C(=O)NCC(=O)OCC(=O)c2ccc(F)cc2)cc1C. The third-order valence-corrected chi connectivity index (χ3v) is 3.69. The molecular weight excluding hydrogens is 325 g/mol. The fourth-order valence-electron chi connectivity index (χ4n) is 2.05. The fraction of sp³-hybridized carbons (Fsp3) is 0.211. The number of nitrogens with one attached hydrogen (secondary N) is 1. The molecule has 0 aliphatic heterocycles. The number of benzene rings is 2. The predicted octanol–water partition coefficient (Wildman–Crippen LogP) is 2.60. The summed E-state index contributed by atoms with van der Waals surface area (Å²) < 4.78 is 17.6. The lowest BCUT2D eigenvalue weighted by Crippen LogP contribution is -2.31. The molecule has 0 aliphatic rings. The van der Waals surface area contributed by atoms with Gasteiger partial charge in [0.2, 0.25) is 0 Å². The number of carbonyl (C=O) groups is 3. The Hall–Kier alpha value is -3.02. The molecule has 0 bridgehead atoms. The van der Waals surface area contributed by atoms with Gasteiger partial charge in [0.15, 0.2) is 12.4 Å². The number of halogens is 1. The van der Waals surface area contributed by atoms with E-state index in [2.05, 4.69) is 5.32 Å².